The highest BCUT2D eigenvalue weighted by Crippen LogP contribution is 2.20. The monoisotopic (exact) mass is 853 g/mol. The van der Waals surface area contributed by atoms with Crippen LogP contribution in [0.5, 0.6) is 5.75 Å². The highest BCUT2D eigenvalue weighted by atomic mass is 32.1. The van der Waals surface area contributed by atoms with Crippen LogP contribution in [-0.2, 0) is 44.8 Å². The maximum absolute atomic E-state index is 13.8. The first-order chi connectivity index (χ1) is 27.7. The van der Waals surface area contributed by atoms with Gasteiger partial charge in [-0.2, -0.15) is 12.6 Å². The molecule has 328 valence electrons. The van der Waals surface area contributed by atoms with Crippen molar-refractivity contribution in [1.29, 1.82) is 0 Å². The zero-order chi connectivity index (χ0) is 44.6. The van der Waals surface area contributed by atoms with E-state index in [4.69, 9.17) is 22.9 Å². The molecule has 0 bridgehead atoms. The SMILES string of the molecule is C[C@@H](O)[C@H](NC(=O)[C@H](Cc1ccc(O)cc1)NC(=O)[C@@H](N)CS)C(=O)N[C@H](C(=O)N[C@@H](CC(N)=O)C(=O)N1CCC[C@H]1C(=O)N[C@@H](CCCN=C(N)N)C(=O)O)[C@@H](C)O. The van der Waals surface area contributed by atoms with Crippen LogP contribution in [0.1, 0.15) is 51.5 Å². The van der Waals surface area contributed by atoms with E-state index >= 15 is 0 Å². The van der Waals surface area contributed by atoms with Crippen molar-refractivity contribution in [3.8, 4) is 5.75 Å². The van der Waals surface area contributed by atoms with Crippen LogP contribution in [0.3, 0.4) is 0 Å². The molecule has 0 radical (unpaired) electrons. The van der Waals surface area contributed by atoms with E-state index in [9.17, 15) is 58.8 Å². The third kappa shape index (κ3) is 15.9. The molecule has 59 heavy (non-hydrogen) atoms. The van der Waals surface area contributed by atoms with Crippen LogP contribution in [0.25, 0.3) is 0 Å². The first kappa shape index (κ1) is 49.4. The van der Waals surface area contributed by atoms with E-state index in [0.717, 1.165) is 18.7 Å². The Morgan fingerprint density at radius 2 is 1.39 bits per heavy atom. The summed E-state index contributed by atoms with van der Waals surface area (Å²) in [5.74, 6) is -8.60. The Kier molecular flexibility index (Phi) is 19.8. The number of hydrogen-bond acceptors (Lipinski definition) is 14. The second kappa shape index (κ2) is 23.6. The van der Waals surface area contributed by atoms with Crippen molar-refractivity contribution in [3.05, 3.63) is 29.8 Å². The molecule has 1 aromatic rings. The van der Waals surface area contributed by atoms with E-state index in [1.54, 1.807) is 0 Å². The Morgan fingerprint density at radius 3 is 1.92 bits per heavy atom. The third-order valence-corrected chi connectivity index (χ3v) is 9.48. The Balaban J connectivity index is 2.26. The zero-order valence-electron chi connectivity index (χ0n) is 32.6. The molecular weight excluding hydrogens is 799 g/mol. The molecule has 24 heteroatoms. The summed E-state index contributed by atoms with van der Waals surface area (Å²) in [5, 5.41) is 52.0. The summed E-state index contributed by atoms with van der Waals surface area (Å²) in [6, 6.07) is -4.76. The molecule has 1 fully saturated rings. The first-order valence-corrected chi connectivity index (χ1v) is 19.2. The number of carboxylic acids is 1. The van der Waals surface area contributed by atoms with Gasteiger partial charge < -0.3 is 74.8 Å². The first-order valence-electron chi connectivity index (χ1n) is 18.6. The fourth-order valence-corrected chi connectivity index (χ4v) is 6.11. The van der Waals surface area contributed by atoms with Gasteiger partial charge in [-0.15, -0.1) is 0 Å². The van der Waals surface area contributed by atoms with Crippen LogP contribution in [0.4, 0.5) is 0 Å². The van der Waals surface area contributed by atoms with Crippen LogP contribution >= 0.6 is 12.6 Å². The van der Waals surface area contributed by atoms with Crippen molar-refractivity contribution < 1.29 is 58.8 Å². The van der Waals surface area contributed by atoms with Crippen molar-refractivity contribution in [1.82, 2.24) is 31.5 Å². The van der Waals surface area contributed by atoms with Crippen LogP contribution < -0.4 is 49.5 Å². The van der Waals surface area contributed by atoms with Crippen LogP contribution in [0.2, 0.25) is 0 Å². The Morgan fingerprint density at radius 1 is 0.831 bits per heavy atom. The molecule has 1 aliphatic heterocycles. The van der Waals surface area contributed by atoms with Gasteiger partial charge in [-0.1, -0.05) is 12.1 Å². The predicted octanol–water partition coefficient (Wildman–Crippen LogP) is -5.62. The van der Waals surface area contributed by atoms with E-state index in [2.05, 4.69) is 44.2 Å². The number of nitrogens with two attached hydrogens (primary N) is 4. The van der Waals surface area contributed by atoms with Crippen molar-refractivity contribution >= 4 is 65.9 Å². The largest absolute Gasteiger partial charge is 0.508 e. The lowest BCUT2D eigenvalue weighted by Gasteiger charge is -2.31. The van der Waals surface area contributed by atoms with E-state index in [0.29, 0.717) is 12.0 Å². The number of nitrogens with zero attached hydrogens (tertiary/aromatic N) is 2. The lowest BCUT2D eigenvalue weighted by molar-refractivity contribution is -0.146. The molecule has 0 aromatic heterocycles. The average molecular weight is 854 g/mol. The summed E-state index contributed by atoms with van der Waals surface area (Å²) in [5.41, 5.74) is 22.2. The van der Waals surface area contributed by atoms with Crippen LogP contribution in [0.15, 0.2) is 29.3 Å². The number of primary amides is 1. The third-order valence-electron chi connectivity index (χ3n) is 9.09. The molecule has 1 saturated heterocycles. The number of aromatic hydroxyl groups is 1. The number of nitrogens with one attached hydrogen (secondary N) is 5. The zero-order valence-corrected chi connectivity index (χ0v) is 33.5. The highest BCUT2D eigenvalue weighted by Gasteiger charge is 2.41. The van der Waals surface area contributed by atoms with Gasteiger partial charge in [0.2, 0.25) is 41.4 Å². The molecule has 17 N–H and O–H groups in total. The number of amides is 7. The van der Waals surface area contributed by atoms with Crippen molar-refractivity contribution in [2.75, 3.05) is 18.8 Å². The quantitative estimate of drug-likeness (QED) is 0.0211. The fourth-order valence-electron chi connectivity index (χ4n) is 5.94. The second-order valence-corrected chi connectivity index (χ2v) is 14.3. The molecule has 0 saturated carbocycles. The smallest absolute Gasteiger partial charge is 0.326 e. The molecule has 0 spiro atoms. The standard InChI is InChI=1S/C35H55N11O12S/c1-16(47)26(45-32(55)27(17(2)48)44-29(52)22(42-28(51)20(36)15-59)13-18-7-9-19(49)10-8-18)31(54)43-23(14-25(37)50)33(56)46-12-4-6-24(46)30(53)41-21(34(57)58)5-3-11-40-35(38)39/h7-10,16-17,20-24,26-27,47-49,59H,3-6,11-15,36H2,1-2H3,(H2,37,50)(H,41,53)(H,42,51)(H,43,54)(H,44,52)(H,45,55)(H,57,58)(H4,38,39,40)/t16-,17-,20+,21+,22+,23+,24+,26+,27+/m1/s1. The number of likely N-dealkylation sites (tertiary alicyclic amines) is 1. The summed E-state index contributed by atoms with van der Waals surface area (Å²) in [6.07, 6.45) is -3.68. The molecule has 2 rings (SSSR count). The van der Waals surface area contributed by atoms with Crippen LogP contribution in [-0.4, -0.2) is 152 Å². The normalized spacial score (nSPS) is 17.7. The van der Waals surface area contributed by atoms with E-state index in [1.807, 2.05) is 0 Å². The molecule has 0 unspecified atom stereocenters. The summed E-state index contributed by atoms with van der Waals surface area (Å²) < 4.78 is 0. The van der Waals surface area contributed by atoms with Gasteiger partial charge in [0.1, 0.15) is 42.0 Å². The highest BCUT2D eigenvalue weighted by molar-refractivity contribution is 7.80. The van der Waals surface area contributed by atoms with Crippen molar-refractivity contribution in [2.45, 2.75) is 107 Å². The number of carbonyl (C=O) groups is 8. The number of aliphatic imine (C=N–C) groups is 1. The second-order valence-electron chi connectivity index (χ2n) is 13.9. The van der Waals surface area contributed by atoms with Gasteiger partial charge >= 0.3 is 5.97 Å². The number of rotatable bonds is 23. The minimum absolute atomic E-state index is 0.0224. The Bertz CT molecular complexity index is 1690. The summed E-state index contributed by atoms with van der Waals surface area (Å²) in [4.78, 5) is 109. The predicted molar refractivity (Wildman–Crippen MR) is 213 cm³/mol. The molecular formula is C35H55N11O12S. The van der Waals surface area contributed by atoms with E-state index < -0.39 is 108 Å². The number of aliphatic hydroxyl groups is 2. The van der Waals surface area contributed by atoms with Gasteiger partial charge in [0.05, 0.1) is 24.7 Å². The molecule has 0 aliphatic carbocycles. The lowest BCUT2D eigenvalue weighted by atomic mass is 10.0. The van der Waals surface area contributed by atoms with Gasteiger partial charge in [-0.25, -0.2) is 4.79 Å². The lowest BCUT2D eigenvalue weighted by Crippen LogP contribution is -2.63. The molecule has 7 amide bonds. The minimum Gasteiger partial charge on any atom is -0.508 e. The number of aliphatic carboxylic acids is 1. The molecule has 1 heterocycles. The molecule has 9 atom stereocenters. The molecule has 1 aliphatic rings. The summed E-state index contributed by atoms with van der Waals surface area (Å²) in [6.45, 7) is 2.32. The van der Waals surface area contributed by atoms with Crippen molar-refractivity contribution in [2.24, 2.45) is 27.9 Å². The van der Waals surface area contributed by atoms with Gasteiger partial charge in [0.15, 0.2) is 5.96 Å². The minimum atomic E-state index is -1.86. The van der Waals surface area contributed by atoms with Gasteiger partial charge in [-0.05, 0) is 57.2 Å². The Labute approximate surface area is 344 Å². The average Bonchev–Trinajstić information content (AvgIpc) is 3.66. The van der Waals surface area contributed by atoms with Crippen LogP contribution in [0, 0.1) is 0 Å². The summed E-state index contributed by atoms with van der Waals surface area (Å²) >= 11 is 3.99. The van der Waals surface area contributed by atoms with Crippen molar-refractivity contribution in [3.63, 3.8) is 0 Å². The maximum Gasteiger partial charge on any atom is 0.326 e. The topological polar surface area (TPSA) is 397 Å². The molecule has 23 nitrogen and oxygen atoms in total. The number of benzene rings is 1. The van der Waals surface area contributed by atoms with Gasteiger partial charge in [0, 0.05) is 25.3 Å². The number of carbonyl (C=O) groups excluding carboxylic acids is 7. The van der Waals surface area contributed by atoms with E-state index in [-0.39, 0.29) is 56.2 Å². The number of phenols is 1. The molecule has 1 aromatic carbocycles. The fraction of sp³-hybridized carbons (Fsp3) is 0.571. The Hall–Kier alpha value is -5.72. The number of guanidine groups is 1. The number of aliphatic hydroxyl groups excluding tert-OH is 2. The number of thiol groups is 1. The number of phenolic OH excluding ortho intramolecular Hbond substituents is 1. The number of hydrogen-bond donors (Lipinski definition) is 14. The summed E-state index contributed by atoms with van der Waals surface area (Å²) in [7, 11) is 0. The maximum atomic E-state index is 13.8. The van der Waals surface area contributed by atoms with Gasteiger partial charge in [-0.3, -0.25) is 38.6 Å². The van der Waals surface area contributed by atoms with E-state index in [1.165, 1.54) is 24.3 Å². The van der Waals surface area contributed by atoms with Gasteiger partial charge in [0.25, 0.3) is 0 Å². The number of carboxylic acid groups (broad SMARTS) is 1.